The van der Waals surface area contributed by atoms with Crippen molar-refractivity contribution in [2.45, 2.75) is 70.6 Å². The van der Waals surface area contributed by atoms with Gasteiger partial charge in [-0.3, -0.25) is 14.5 Å². The largest absolute Gasteiger partial charge is 0.460 e. The van der Waals surface area contributed by atoms with Crippen molar-refractivity contribution >= 4 is 35.1 Å². The Bertz CT molecular complexity index is 1130. The molecule has 4 rings (SSSR count). The Kier molecular flexibility index (Phi) is 9.97. The smallest absolute Gasteiger partial charge is 0.307 e. The number of esters is 1. The fraction of sp³-hybridized carbons (Fsp3) is 0.548. The maximum atomic E-state index is 14.4. The zero-order chi connectivity index (χ0) is 28.2. The summed E-state index contributed by atoms with van der Waals surface area (Å²) in [5, 5.41) is 1.30. The highest BCUT2D eigenvalue weighted by Crippen LogP contribution is 2.48. The second-order valence-corrected chi connectivity index (χ2v) is 12.5. The van der Waals surface area contributed by atoms with Crippen LogP contribution >= 0.6 is 23.2 Å². The van der Waals surface area contributed by atoms with Gasteiger partial charge in [0.1, 0.15) is 5.60 Å². The average Bonchev–Trinajstić information content (AvgIpc) is 2.88. The number of benzene rings is 2. The molecule has 2 aliphatic heterocycles. The number of likely N-dealkylation sites (tertiary alicyclic amines) is 1. The van der Waals surface area contributed by atoms with Crippen molar-refractivity contribution in [2.24, 2.45) is 5.92 Å². The van der Waals surface area contributed by atoms with Gasteiger partial charge in [-0.1, -0.05) is 54.4 Å². The summed E-state index contributed by atoms with van der Waals surface area (Å²) in [5.41, 5.74) is 1.46. The zero-order valence-corrected chi connectivity index (χ0v) is 24.9. The number of rotatable bonds is 8. The monoisotopic (exact) mass is 574 g/mol. The molecule has 4 atom stereocenters. The van der Waals surface area contributed by atoms with Gasteiger partial charge in [0, 0.05) is 47.6 Å². The third-order valence-electron chi connectivity index (χ3n) is 7.58. The van der Waals surface area contributed by atoms with Gasteiger partial charge >= 0.3 is 5.97 Å². The van der Waals surface area contributed by atoms with Gasteiger partial charge in [0.25, 0.3) is 0 Å². The zero-order valence-electron chi connectivity index (χ0n) is 23.4. The molecule has 2 unspecified atom stereocenters. The molecule has 0 radical (unpaired) electrons. The highest BCUT2D eigenvalue weighted by molar-refractivity contribution is 6.30. The third kappa shape index (κ3) is 7.75. The van der Waals surface area contributed by atoms with E-state index in [9.17, 15) is 9.59 Å². The fourth-order valence-corrected chi connectivity index (χ4v) is 6.17. The number of hydrogen-bond donors (Lipinski definition) is 0. The maximum Gasteiger partial charge on any atom is 0.307 e. The summed E-state index contributed by atoms with van der Waals surface area (Å²) in [6.07, 6.45) is 1.36. The number of hydrogen-bond acceptors (Lipinski definition) is 5. The van der Waals surface area contributed by atoms with E-state index in [1.165, 1.54) is 0 Å². The minimum Gasteiger partial charge on any atom is -0.460 e. The van der Waals surface area contributed by atoms with Crippen molar-refractivity contribution in [1.82, 2.24) is 9.80 Å². The molecule has 8 heteroatoms. The van der Waals surface area contributed by atoms with Crippen LogP contribution in [0.5, 0.6) is 0 Å². The summed E-state index contributed by atoms with van der Waals surface area (Å²) in [6.45, 7) is 11.5. The first-order valence-electron chi connectivity index (χ1n) is 13.9. The number of carbonyl (C=O) groups excluding carboxylic acids is 2. The molecule has 2 aromatic carbocycles. The van der Waals surface area contributed by atoms with E-state index in [0.717, 1.165) is 37.2 Å². The summed E-state index contributed by atoms with van der Waals surface area (Å²) in [7, 11) is 0. The molecule has 2 aromatic rings. The van der Waals surface area contributed by atoms with E-state index in [-0.39, 0.29) is 36.3 Å². The van der Waals surface area contributed by atoms with Gasteiger partial charge in [-0.2, -0.15) is 0 Å². The quantitative estimate of drug-likeness (QED) is 0.336. The Hall–Kier alpha value is -2.12. The number of amides is 1. The molecular formula is C31H40Cl2N2O4. The summed E-state index contributed by atoms with van der Waals surface area (Å²) in [5.74, 6) is -0.907. The lowest BCUT2D eigenvalue weighted by molar-refractivity contribution is -0.162. The second kappa shape index (κ2) is 13.0. The number of carbonyl (C=O) groups is 2. The standard InChI is InChI=1S/C31H40Cl2N2O4/c1-5-26(20-34-13-15-38-16-14-34)35-29(21-9-11-24(32)12-10-21)27(22-7-6-8-25(33)17-22)18-23(30(35)37)19-28(36)39-31(2,3)4/h6-12,17,23,26-27,29H,5,13-16,18-20H2,1-4H3/t23-,26?,27?,29-/m1/s1. The third-order valence-corrected chi connectivity index (χ3v) is 8.07. The molecule has 2 saturated heterocycles. The Balaban J connectivity index is 1.77. The SMILES string of the molecule is CCC(CN1CCOCC1)N1C(=O)[C@@H](CC(=O)OC(C)(C)C)CC(c2cccc(Cl)c2)[C@H]1c1ccc(Cl)cc1. The van der Waals surface area contributed by atoms with Gasteiger partial charge in [-0.05, 0) is 69.0 Å². The van der Waals surface area contributed by atoms with Gasteiger partial charge in [-0.15, -0.1) is 0 Å². The van der Waals surface area contributed by atoms with Crippen molar-refractivity contribution < 1.29 is 19.1 Å². The molecule has 6 nitrogen and oxygen atoms in total. The van der Waals surface area contributed by atoms with Crippen LogP contribution in [0.1, 0.15) is 70.0 Å². The highest BCUT2D eigenvalue weighted by atomic mass is 35.5. The van der Waals surface area contributed by atoms with E-state index in [1.54, 1.807) is 0 Å². The Morgan fingerprint density at radius 3 is 2.36 bits per heavy atom. The van der Waals surface area contributed by atoms with Crippen molar-refractivity contribution in [1.29, 1.82) is 0 Å². The fourth-order valence-electron chi connectivity index (χ4n) is 5.84. The van der Waals surface area contributed by atoms with Crippen LogP contribution in [0.3, 0.4) is 0 Å². The van der Waals surface area contributed by atoms with E-state index in [4.69, 9.17) is 32.7 Å². The Morgan fingerprint density at radius 1 is 1.05 bits per heavy atom. The minimum atomic E-state index is -0.616. The molecule has 0 spiro atoms. The topological polar surface area (TPSA) is 59.1 Å². The van der Waals surface area contributed by atoms with Crippen molar-refractivity contribution in [3.8, 4) is 0 Å². The first kappa shape index (κ1) is 29.9. The molecule has 2 heterocycles. The summed E-state index contributed by atoms with van der Waals surface area (Å²) < 4.78 is 11.2. The molecule has 2 aliphatic rings. The van der Waals surface area contributed by atoms with Crippen LogP contribution in [0.2, 0.25) is 10.0 Å². The molecule has 0 aliphatic carbocycles. The number of piperidine rings is 1. The minimum absolute atomic E-state index is 0.000744. The number of morpholine rings is 1. The lowest BCUT2D eigenvalue weighted by atomic mass is 9.74. The van der Waals surface area contributed by atoms with Crippen LogP contribution in [-0.2, 0) is 19.1 Å². The lowest BCUT2D eigenvalue weighted by Gasteiger charge is -2.49. The molecule has 39 heavy (non-hydrogen) atoms. The molecule has 0 saturated carbocycles. The predicted molar refractivity (Wildman–Crippen MR) is 155 cm³/mol. The summed E-state index contributed by atoms with van der Waals surface area (Å²) in [4.78, 5) is 31.8. The van der Waals surface area contributed by atoms with E-state index in [2.05, 4.69) is 22.8 Å². The number of ether oxygens (including phenoxy) is 2. The first-order valence-corrected chi connectivity index (χ1v) is 14.7. The normalized spacial score (nSPS) is 23.5. The van der Waals surface area contributed by atoms with E-state index < -0.39 is 11.5 Å². The average molecular weight is 576 g/mol. The number of halogens is 2. The van der Waals surface area contributed by atoms with Crippen molar-refractivity contribution in [2.75, 3.05) is 32.8 Å². The van der Waals surface area contributed by atoms with Crippen molar-refractivity contribution in [3.63, 3.8) is 0 Å². The van der Waals surface area contributed by atoms with Gasteiger partial charge in [0.05, 0.1) is 25.7 Å². The second-order valence-electron chi connectivity index (χ2n) is 11.6. The van der Waals surface area contributed by atoms with Gasteiger partial charge < -0.3 is 14.4 Å². The highest BCUT2D eigenvalue weighted by Gasteiger charge is 2.46. The molecule has 212 valence electrons. The molecular weight excluding hydrogens is 535 g/mol. The Labute approximate surface area is 242 Å². The van der Waals surface area contributed by atoms with E-state index in [0.29, 0.717) is 29.7 Å². The van der Waals surface area contributed by atoms with E-state index >= 15 is 0 Å². The van der Waals surface area contributed by atoms with Crippen LogP contribution in [0, 0.1) is 5.92 Å². The van der Waals surface area contributed by atoms with Crippen LogP contribution in [0.15, 0.2) is 48.5 Å². The van der Waals surface area contributed by atoms with E-state index in [1.807, 2.05) is 63.2 Å². The summed E-state index contributed by atoms with van der Waals surface area (Å²) in [6, 6.07) is 15.4. The molecule has 0 bridgehead atoms. The summed E-state index contributed by atoms with van der Waals surface area (Å²) >= 11 is 12.7. The number of nitrogens with zero attached hydrogens (tertiary/aromatic N) is 2. The molecule has 2 fully saturated rings. The molecule has 0 N–H and O–H groups in total. The predicted octanol–water partition coefficient (Wildman–Crippen LogP) is 6.51. The van der Waals surface area contributed by atoms with Gasteiger partial charge in [0.2, 0.25) is 5.91 Å². The van der Waals surface area contributed by atoms with Gasteiger partial charge in [-0.25, -0.2) is 0 Å². The van der Waals surface area contributed by atoms with Crippen molar-refractivity contribution in [3.05, 3.63) is 69.7 Å². The van der Waals surface area contributed by atoms with Crippen LogP contribution < -0.4 is 0 Å². The van der Waals surface area contributed by atoms with Crippen LogP contribution in [0.25, 0.3) is 0 Å². The van der Waals surface area contributed by atoms with Crippen LogP contribution in [-0.4, -0.2) is 66.2 Å². The maximum absolute atomic E-state index is 14.4. The molecule has 1 amide bonds. The molecule has 0 aromatic heterocycles. The Morgan fingerprint density at radius 2 is 1.74 bits per heavy atom. The van der Waals surface area contributed by atoms with Crippen LogP contribution in [0.4, 0.5) is 0 Å². The van der Waals surface area contributed by atoms with Gasteiger partial charge in [0.15, 0.2) is 0 Å². The first-order chi connectivity index (χ1) is 18.6. The lowest BCUT2D eigenvalue weighted by Crippen LogP contribution is -2.55.